The lowest BCUT2D eigenvalue weighted by molar-refractivity contribution is -0.131. The lowest BCUT2D eigenvalue weighted by Crippen LogP contribution is -2.03. The Morgan fingerprint density at radius 2 is 2.23 bits per heavy atom. The SMILES string of the molecule is CC(=O)Oc1cccc(C#N)c1C. The van der Waals surface area contributed by atoms with Crippen molar-refractivity contribution < 1.29 is 9.53 Å². The van der Waals surface area contributed by atoms with Crippen LogP contribution in [0.25, 0.3) is 0 Å². The summed E-state index contributed by atoms with van der Waals surface area (Å²) in [6.45, 7) is 3.08. The van der Waals surface area contributed by atoms with Crippen LogP contribution in [0.1, 0.15) is 18.1 Å². The van der Waals surface area contributed by atoms with E-state index in [1.54, 1.807) is 25.1 Å². The van der Waals surface area contributed by atoms with E-state index in [4.69, 9.17) is 10.00 Å². The molecular weight excluding hydrogens is 166 g/mol. The maximum Gasteiger partial charge on any atom is 0.308 e. The third-order valence-electron chi connectivity index (χ3n) is 1.66. The van der Waals surface area contributed by atoms with Gasteiger partial charge in [0.2, 0.25) is 0 Å². The number of benzene rings is 1. The minimum Gasteiger partial charge on any atom is -0.426 e. The van der Waals surface area contributed by atoms with E-state index in [-0.39, 0.29) is 5.97 Å². The van der Waals surface area contributed by atoms with Crippen LogP contribution >= 0.6 is 0 Å². The van der Waals surface area contributed by atoms with Crippen molar-refractivity contribution in [1.29, 1.82) is 5.26 Å². The van der Waals surface area contributed by atoms with Crippen LogP contribution in [0.5, 0.6) is 5.75 Å². The molecule has 1 aromatic rings. The number of hydrogen-bond donors (Lipinski definition) is 0. The van der Waals surface area contributed by atoms with Gasteiger partial charge in [0.25, 0.3) is 0 Å². The molecule has 3 heteroatoms. The predicted octanol–water partition coefficient (Wildman–Crippen LogP) is 1.79. The number of nitriles is 1. The van der Waals surface area contributed by atoms with Crippen LogP contribution in [0.3, 0.4) is 0 Å². The molecule has 0 aliphatic rings. The number of hydrogen-bond acceptors (Lipinski definition) is 3. The average molecular weight is 175 g/mol. The van der Waals surface area contributed by atoms with E-state index in [2.05, 4.69) is 0 Å². The van der Waals surface area contributed by atoms with Crippen LogP contribution in [-0.4, -0.2) is 5.97 Å². The highest BCUT2D eigenvalue weighted by molar-refractivity contribution is 5.70. The van der Waals surface area contributed by atoms with Crippen molar-refractivity contribution in [2.75, 3.05) is 0 Å². The molecule has 66 valence electrons. The van der Waals surface area contributed by atoms with Crippen LogP contribution in [0.15, 0.2) is 18.2 Å². The van der Waals surface area contributed by atoms with Crippen LogP contribution < -0.4 is 4.74 Å². The Balaban J connectivity index is 3.10. The van der Waals surface area contributed by atoms with Gasteiger partial charge in [0, 0.05) is 12.5 Å². The molecule has 0 N–H and O–H groups in total. The van der Waals surface area contributed by atoms with E-state index in [1.807, 2.05) is 6.07 Å². The first-order valence-electron chi connectivity index (χ1n) is 3.83. The summed E-state index contributed by atoms with van der Waals surface area (Å²) in [5.74, 6) is 0.0738. The maximum absolute atomic E-state index is 10.7. The van der Waals surface area contributed by atoms with E-state index in [0.717, 1.165) is 0 Å². The van der Waals surface area contributed by atoms with E-state index < -0.39 is 0 Å². The van der Waals surface area contributed by atoms with Gasteiger partial charge in [0.05, 0.1) is 11.6 Å². The van der Waals surface area contributed by atoms with Gasteiger partial charge in [-0.25, -0.2) is 0 Å². The van der Waals surface area contributed by atoms with Gasteiger partial charge in [-0.05, 0) is 19.1 Å². The van der Waals surface area contributed by atoms with E-state index in [9.17, 15) is 4.79 Å². The van der Waals surface area contributed by atoms with Crippen molar-refractivity contribution in [1.82, 2.24) is 0 Å². The first-order valence-corrected chi connectivity index (χ1v) is 3.83. The first kappa shape index (κ1) is 9.27. The molecule has 3 nitrogen and oxygen atoms in total. The summed E-state index contributed by atoms with van der Waals surface area (Å²) < 4.78 is 4.90. The second-order valence-electron chi connectivity index (χ2n) is 2.63. The second-order valence-corrected chi connectivity index (χ2v) is 2.63. The van der Waals surface area contributed by atoms with Gasteiger partial charge in [-0.1, -0.05) is 6.07 Å². The molecule has 0 radical (unpaired) electrons. The fraction of sp³-hybridized carbons (Fsp3) is 0.200. The van der Waals surface area contributed by atoms with Crippen LogP contribution in [0, 0.1) is 18.3 Å². The number of nitrogens with zero attached hydrogens (tertiary/aromatic N) is 1. The molecule has 1 rings (SSSR count). The summed E-state index contributed by atoms with van der Waals surface area (Å²) in [4.78, 5) is 10.7. The van der Waals surface area contributed by atoms with Gasteiger partial charge < -0.3 is 4.74 Å². The van der Waals surface area contributed by atoms with Crippen LogP contribution in [-0.2, 0) is 4.79 Å². The maximum atomic E-state index is 10.7. The fourth-order valence-corrected chi connectivity index (χ4v) is 1.00. The van der Waals surface area contributed by atoms with Crippen molar-refractivity contribution in [2.24, 2.45) is 0 Å². The lowest BCUT2D eigenvalue weighted by atomic mass is 10.1. The number of esters is 1. The Morgan fingerprint density at radius 3 is 2.77 bits per heavy atom. The van der Waals surface area contributed by atoms with Gasteiger partial charge in [-0.3, -0.25) is 4.79 Å². The zero-order valence-electron chi connectivity index (χ0n) is 7.50. The molecule has 13 heavy (non-hydrogen) atoms. The fourth-order valence-electron chi connectivity index (χ4n) is 1.00. The number of carbonyl (C=O) groups excluding carboxylic acids is 1. The summed E-state index contributed by atoms with van der Waals surface area (Å²) in [6.07, 6.45) is 0. The lowest BCUT2D eigenvalue weighted by Gasteiger charge is -2.05. The van der Waals surface area contributed by atoms with Gasteiger partial charge in [-0.15, -0.1) is 0 Å². The molecule has 0 aliphatic heterocycles. The molecule has 0 aliphatic carbocycles. The minimum absolute atomic E-state index is 0.377. The Kier molecular flexibility index (Phi) is 2.65. The largest absolute Gasteiger partial charge is 0.426 e. The highest BCUT2D eigenvalue weighted by atomic mass is 16.5. The predicted molar refractivity (Wildman–Crippen MR) is 47.2 cm³/mol. The summed E-state index contributed by atoms with van der Waals surface area (Å²) in [5, 5.41) is 8.69. The zero-order valence-corrected chi connectivity index (χ0v) is 7.50. The Hall–Kier alpha value is -1.82. The molecular formula is C10H9NO2. The average Bonchev–Trinajstić information content (AvgIpc) is 2.08. The van der Waals surface area contributed by atoms with E-state index >= 15 is 0 Å². The van der Waals surface area contributed by atoms with Crippen LogP contribution in [0.2, 0.25) is 0 Å². The molecule has 0 heterocycles. The van der Waals surface area contributed by atoms with Gasteiger partial charge in [-0.2, -0.15) is 5.26 Å². The molecule has 0 aromatic heterocycles. The summed E-state index contributed by atoms with van der Waals surface area (Å²) >= 11 is 0. The highest BCUT2D eigenvalue weighted by Gasteiger charge is 2.05. The second kappa shape index (κ2) is 3.72. The molecule has 0 unspecified atom stereocenters. The molecule has 0 amide bonds. The minimum atomic E-state index is -0.377. The van der Waals surface area contributed by atoms with Crippen molar-refractivity contribution in [3.8, 4) is 11.8 Å². The first-order chi connectivity index (χ1) is 6.15. The molecule has 0 saturated heterocycles. The van der Waals surface area contributed by atoms with Crippen molar-refractivity contribution >= 4 is 5.97 Å². The third kappa shape index (κ3) is 2.06. The molecule has 0 saturated carbocycles. The number of ether oxygens (including phenoxy) is 1. The van der Waals surface area contributed by atoms with Gasteiger partial charge in [0.15, 0.2) is 0 Å². The van der Waals surface area contributed by atoms with E-state index in [1.165, 1.54) is 6.92 Å². The highest BCUT2D eigenvalue weighted by Crippen LogP contribution is 2.20. The van der Waals surface area contributed by atoms with Crippen LogP contribution in [0.4, 0.5) is 0 Å². The topological polar surface area (TPSA) is 50.1 Å². The summed E-state index contributed by atoms with van der Waals surface area (Å²) in [7, 11) is 0. The molecule has 0 fully saturated rings. The standard InChI is InChI=1S/C10H9NO2/c1-7-9(6-11)4-3-5-10(7)13-8(2)12/h3-5H,1-2H3. The molecule has 0 bridgehead atoms. The third-order valence-corrected chi connectivity index (χ3v) is 1.66. The molecule has 1 aromatic carbocycles. The Bertz CT molecular complexity index is 377. The summed E-state index contributed by atoms with van der Waals surface area (Å²) in [6, 6.07) is 7.05. The smallest absolute Gasteiger partial charge is 0.308 e. The molecule has 0 spiro atoms. The zero-order chi connectivity index (χ0) is 9.84. The Morgan fingerprint density at radius 1 is 1.54 bits per heavy atom. The normalized spacial score (nSPS) is 9.00. The van der Waals surface area contributed by atoms with Crippen molar-refractivity contribution in [2.45, 2.75) is 13.8 Å². The number of rotatable bonds is 1. The number of carbonyl (C=O) groups is 1. The summed E-state index contributed by atoms with van der Waals surface area (Å²) in [5.41, 5.74) is 1.22. The molecule has 0 atom stereocenters. The monoisotopic (exact) mass is 175 g/mol. The van der Waals surface area contributed by atoms with Gasteiger partial charge in [0.1, 0.15) is 5.75 Å². The van der Waals surface area contributed by atoms with Gasteiger partial charge >= 0.3 is 5.97 Å². The van der Waals surface area contributed by atoms with E-state index in [0.29, 0.717) is 16.9 Å². The quantitative estimate of drug-likeness (QED) is 0.483. The van der Waals surface area contributed by atoms with Crippen molar-refractivity contribution in [3.63, 3.8) is 0 Å². The Labute approximate surface area is 76.6 Å². The van der Waals surface area contributed by atoms with Crippen molar-refractivity contribution in [3.05, 3.63) is 29.3 Å².